The fourth-order valence-corrected chi connectivity index (χ4v) is 2.45. The van der Waals surface area contributed by atoms with Crippen LogP contribution in [0.5, 0.6) is 0 Å². The highest BCUT2D eigenvalue weighted by Crippen LogP contribution is 2.32. The van der Waals surface area contributed by atoms with Crippen molar-refractivity contribution in [1.29, 1.82) is 0 Å². The van der Waals surface area contributed by atoms with Gasteiger partial charge in [-0.05, 0) is 25.5 Å². The van der Waals surface area contributed by atoms with Crippen LogP contribution in [0.15, 0.2) is 18.3 Å². The van der Waals surface area contributed by atoms with Crippen LogP contribution in [0.3, 0.4) is 0 Å². The van der Waals surface area contributed by atoms with Crippen LogP contribution in [0.25, 0.3) is 11.0 Å². The van der Waals surface area contributed by atoms with Gasteiger partial charge in [0.2, 0.25) is 0 Å². The molecule has 2 aromatic heterocycles. The van der Waals surface area contributed by atoms with Gasteiger partial charge < -0.3 is 10.0 Å². The Labute approximate surface area is 114 Å². The van der Waals surface area contributed by atoms with Gasteiger partial charge >= 0.3 is 5.97 Å². The van der Waals surface area contributed by atoms with E-state index in [-0.39, 0.29) is 5.56 Å². The summed E-state index contributed by atoms with van der Waals surface area (Å²) in [6.45, 7) is 3.05. The second kappa shape index (κ2) is 4.35. The lowest BCUT2D eigenvalue weighted by atomic mass is 10.1. The normalized spacial score (nSPS) is 18.4. The van der Waals surface area contributed by atoms with Crippen LogP contribution in [0, 0.1) is 0 Å². The van der Waals surface area contributed by atoms with Crippen molar-refractivity contribution in [2.45, 2.75) is 19.4 Å². The van der Waals surface area contributed by atoms with Gasteiger partial charge in [-0.15, -0.1) is 0 Å². The van der Waals surface area contributed by atoms with Crippen molar-refractivity contribution < 1.29 is 9.90 Å². The number of pyridine rings is 2. The van der Waals surface area contributed by atoms with Gasteiger partial charge in [-0.25, -0.2) is 14.8 Å². The van der Waals surface area contributed by atoms with Crippen molar-refractivity contribution in [3.05, 3.63) is 28.9 Å². The molecule has 0 saturated carbocycles. The first-order valence-electron chi connectivity index (χ1n) is 6.02. The van der Waals surface area contributed by atoms with E-state index in [1.54, 1.807) is 6.07 Å². The minimum atomic E-state index is -1.01. The Morgan fingerprint density at radius 1 is 1.53 bits per heavy atom. The number of hydrogen-bond acceptors (Lipinski definition) is 4. The van der Waals surface area contributed by atoms with Crippen LogP contribution in [0.1, 0.15) is 23.7 Å². The van der Waals surface area contributed by atoms with Crippen molar-refractivity contribution in [1.82, 2.24) is 9.97 Å². The summed E-state index contributed by atoms with van der Waals surface area (Å²) >= 11 is 6.23. The number of carboxylic acid groups (broad SMARTS) is 1. The van der Waals surface area contributed by atoms with Crippen LogP contribution in [-0.2, 0) is 0 Å². The molecule has 1 fully saturated rings. The summed E-state index contributed by atoms with van der Waals surface area (Å²) in [6, 6.07) is 3.69. The summed E-state index contributed by atoms with van der Waals surface area (Å²) in [6.07, 6.45) is 2.44. The summed E-state index contributed by atoms with van der Waals surface area (Å²) in [5.41, 5.74) is 0.652. The topological polar surface area (TPSA) is 66.3 Å². The fraction of sp³-hybridized carbons (Fsp3) is 0.308. The zero-order valence-electron chi connectivity index (χ0n) is 10.3. The van der Waals surface area contributed by atoms with E-state index in [0.29, 0.717) is 22.1 Å². The molecule has 1 atom stereocenters. The second-order valence-electron chi connectivity index (χ2n) is 4.70. The zero-order valence-corrected chi connectivity index (χ0v) is 11.1. The molecule has 0 bridgehead atoms. The molecule has 0 radical (unpaired) electrons. The summed E-state index contributed by atoms with van der Waals surface area (Å²) in [5, 5.41) is 10.1. The number of carboxylic acids is 1. The van der Waals surface area contributed by atoms with Gasteiger partial charge in [-0.3, -0.25) is 0 Å². The summed E-state index contributed by atoms with van der Waals surface area (Å²) in [7, 11) is 0. The maximum absolute atomic E-state index is 10.9. The lowest BCUT2D eigenvalue weighted by Crippen LogP contribution is -2.46. The Bertz CT molecular complexity index is 674. The van der Waals surface area contributed by atoms with E-state index >= 15 is 0 Å². The summed E-state index contributed by atoms with van der Waals surface area (Å²) < 4.78 is 0. The van der Waals surface area contributed by atoms with E-state index in [2.05, 4.69) is 21.8 Å². The Kier molecular flexibility index (Phi) is 2.78. The van der Waals surface area contributed by atoms with Crippen LogP contribution in [0.2, 0.25) is 5.02 Å². The molecule has 0 aromatic carbocycles. The lowest BCUT2D eigenvalue weighted by Gasteiger charge is -2.40. The second-order valence-corrected chi connectivity index (χ2v) is 5.11. The van der Waals surface area contributed by atoms with Crippen LogP contribution in [-0.4, -0.2) is 33.6 Å². The predicted octanol–water partition coefficient (Wildman–Crippen LogP) is 2.58. The number of rotatable bonds is 2. The monoisotopic (exact) mass is 277 g/mol. The van der Waals surface area contributed by atoms with Gasteiger partial charge in [0, 0.05) is 24.2 Å². The molecule has 98 valence electrons. The standard InChI is InChI=1S/C13H12ClN3O2/c1-7-2-3-17(7)12-10(14)5-8-4-9(13(18)19)6-15-11(8)16-12/h4-7H,2-3H2,1H3,(H,18,19)/t7-/m0/s1. The highest BCUT2D eigenvalue weighted by Gasteiger charge is 2.27. The number of carbonyl (C=O) groups is 1. The third kappa shape index (κ3) is 2.00. The molecular formula is C13H12ClN3O2. The minimum Gasteiger partial charge on any atom is -0.478 e. The van der Waals surface area contributed by atoms with E-state index in [0.717, 1.165) is 18.8 Å². The molecule has 6 heteroatoms. The maximum Gasteiger partial charge on any atom is 0.337 e. The summed E-state index contributed by atoms with van der Waals surface area (Å²) in [4.78, 5) is 21.6. The van der Waals surface area contributed by atoms with Crippen molar-refractivity contribution in [3.8, 4) is 0 Å². The number of hydrogen-bond donors (Lipinski definition) is 1. The quantitative estimate of drug-likeness (QED) is 0.914. The highest BCUT2D eigenvalue weighted by molar-refractivity contribution is 6.33. The molecule has 1 aliphatic rings. The number of halogens is 1. The molecule has 0 unspecified atom stereocenters. The molecule has 1 N–H and O–H groups in total. The Hall–Kier alpha value is -1.88. The van der Waals surface area contributed by atoms with Crippen molar-refractivity contribution >= 4 is 34.4 Å². The van der Waals surface area contributed by atoms with Gasteiger partial charge in [0.05, 0.1) is 10.6 Å². The van der Waals surface area contributed by atoms with Crippen molar-refractivity contribution in [3.63, 3.8) is 0 Å². The SMILES string of the molecule is C[C@H]1CCN1c1nc2ncc(C(=O)O)cc2cc1Cl. The molecule has 0 spiro atoms. The van der Waals surface area contributed by atoms with Crippen LogP contribution >= 0.6 is 11.6 Å². The Morgan fingerprint density at radius 3 is 2.89 bits per heavy atom. The van der Waals surface area contributed by atoms with Crippen LogP contribution < -0.4 is 4.90 Å². The van der Waals surface area contributed by atoms with Crippen molar-refractivity contribution in [2.75, 3.05) is 11.4 Å². The van der Waals surface area contributed by atoms with E-state index < -0.39 is 5.97 Å². The summed E-state index contributed by atoms with van der Waals surface area (Å²) in [5.74, 6) is -0.283. The molecule has 5 nitrogen and oxygen atoms in total. The first-order chi connectivity index (χ1) is 9.06. The fourth-order valence-electron chi connectivity index (χ4n) is 2.18. The minimum absolute atomic E-state index is 0.135. The Morgan fingerprint density at radius 2 is 2.32 bits per heavy atom. The smallest absolute Gasteiger partial charge is 0.337 e. The van der Waals surface area contributed by atoms with Gasteiger partial charge in [0.1, 0.15) is 5.82 Å². The first-order valence-corrected chi connectivity index (χ1v) is 6.40. The first kappa shape index (κ1) is 12.2. The Balaban J connectivity index is 2.11. The number of aromatic nitrogens is 2. The number of anilines is 1. The molecule has 0 aliphatic carbocycles. The largest absolute Gasteiger partial charge is 0.478 e. The highest BCUT2D eigenvalue weighted by atomic mass is 35.5. The number of aromatic carboxylic acids is 1. The van der Waals surface area contributed by atoms with E-state index in [9.17, 15) is 4.79 Å². The predicted molar refractivity (Wildman–Crippen MR) is 72.9 cm³/mol. The van der Waals surface area contributed by atoms with Gasteiger partial charge in [-0.1, -0.05) is 11.6 Å². The van der Waals surface area contributed by atoms with E-state index in [1.807, 2.05) is 0 Å². The molecule has 3 heterocycles. The number of fused-ring (bicyclic) bond motifs is 1. The third-order valence-corrected chi connectivity index (χ3v) is 3.72. The average molecular weight is 278 g/mol. The molecule has 19 heavy (non-hydrogen) atoms. The zero-order chi connectivity index (χ0) is 13.6. The van der Waals surface area contributed by atoms with Gasteiger partial charge in [0.25, 0.3) is 0 Å². The number of nitrogens with zero attached hydrogens (tertiary/aromatic N) is 3. The van der Waals surface area contributed by atoms with Gasteiger partial charge in [-0.2, -0.15) is 0 Å². The lowest BCUT2D eigenvalue weighted by molar-refractivity contribution is 0.0696. The average Bonchev–Trinajstić information content (AvgIpc) is 2.37. The maximum atomic E-state index is 10.9. The molecule has 0 amide bonds. The van der Waals surface area contributed by atoms with E-state index in [4.69, 9.17) is 16.7 Å². The third-order valence-electron chi connectivity index (χ3n) is 3.44. The molecule has 2 aromatic rings. The molecular weight excluding hydrogens is 266 g/mol. The molecule has 1 aliphatic heterocycles. The molecule has 3 rings (SSSR count). The molecule has 1 saturated heterocycles. The van der Waals surface area contributed by atoms with Gasteiger partial charge in [0.15, 0.2) is 5.65 Å². The van der Waals surface area contributed by atoms with Crippen molar-refractivity contribution in [2.24, 2.45) is 0 Å². The van der Waals surface area contributed by atoms with Crippen LogP contribution in [0.4, 0.5) is 5.82 Å². The van der Waals surface area contributed by atoms with E-state index in [1.165, 1.54) is 12.3 Å².